The van der Waals surface area contributed by atoms with Crippen molar-refractivity contribution < 1.29 is 14.7 Å². The predicted molar refractivity (Wildman–Crippen MR) is 137 cm³/mol. The van der Waals surface area contributed by atoms with Gasteiger partial charge in [0, 0.05) is 48.7 Å². The molecule has 11 nitrogen and oxygen atoms in total. The molecular formula is C26H30N8O3. The van der Waals surface area contributed by atoms with Crippen LogP contribution in [-0.2, 0) is 0 Å². The Balaban J connectivity index is 1.40. The first-order valence-corrected chi connectivity index (χ1v) is 12.5. The molecule has 3 aromatic heterocycles. The van der Waals surface area contributed by atoms with E-state index in [1.807, 2.05) is 12.1 Å². The van der Waals surface area contributed by atoms with Crippen LogP contribution in [0.4, 0.5) is 16.4 Å². The van der Waals surface area contributed by atoms with Gasteiger partial charge in [-0.15, -0.1) is 5.10 Å². The number of nitriles is 1. The third kappa shape index (κ3) is 4.91. The fourth-order valence-electron chi connectivity index (χ4n) is 4.74. The highest BCUT2D eigenvalue weighted by Crippen LogP contribution is 2.39. The van der Waals surface area contributed by atoms with Crippen LogP contribution in [0.3, 0.4) is 0 Å². The molecule has 1 aliphatic carbocycles. The van der Waals surface area contributed by atoms with Crippen molar-refractivity contribution in [1.82, 2.24) is 24.9 Å². The standard InChI is InChI=1S/C26H30N8O3/c1-26(2,3)34(25(36)37)23-21(22-30-19(17-5-6-17)10-13-33(22)31-23)24(35)29-18-8-11-32(12-9-18)20-7-4-16(14-27)15-28-20/h4,7,10,13,15,17-18H,5-6,8-9,11-12H2,1-3H3,(H,29,35)(H,36,37). The van der Waals surface area contributed by atoms with E-state index in [9.17, 15) is 14.7 Å². The molecule has 1 aliphatic heterocycles. The highest BCUT2D eigenvalue weighted by molar-refractivity contribution is 6.07. The number of amides is 2. The van der Waals surface area contributed by atoms with Crippen molar-refractivity contribution in [2.24, 2.45) is 0 Å². The van der Waals surface area contributed by atoms with Gasteiger partial charge < -0.3 is 15.3 Å². The fourth-order valence-corrected chi connectivity index (χ4v) is 4.74. The lowest BCUT2D eigenvalue weighted by atomic mass is 10.0. The molecule has 0 spiro atoms. The minimum atomic E-state index is -1.18. The van der Waals surface area contributed by atoms with Gasteiger partial charge in [0.1, 0.15) is 17.5 Å². The molecular weight excluding hydrogens is 472 g/mol. The number of hydrogen-bond donors (Lipinski definition) is 2. The Morgan fingerprint density at radius 2 is 1.89 bits per heavy atom. The van der Waals surface area contributed by atoms with Crippen molar-refractivity contribution in [3.05, 3.63) is 47.4 Å². The summed E-state index contributed by atoms with van der Waals surface area (Å²) in [6.07, 6.45) is 5.64. The van der Waals surface area contributed by atoms with Gasteiger partial charge >= 0.3 is 6.09 Å². The zero-order chi connectivity index (χ0) is 26.3. The number of aromatic nitrogens is 4. The predicted octanol–water partition coefficient (Wildman–Crippen LogP) is 3.56. The van der Waals surface area contributed by atoms with Crippen molar-refractivity contribution in [2.45, 2.75) is 64.0 Å². The molecule has 0 atom stereocenters. The summed E-state index contributed by atoms with van der Waals surface area (Å²) in [4.78, 5) is 38.3. The molecule has 2 fully saturated rings. The third-order valence-electron chi connectivity index (χ3n) is 6.82. The molecule has 2 aliphatic rings. The molecule has 0 bridgehead atoms. The lowest BCUT2D eigenvalue weighted by Crippen LogP contribution is -2.47. The Morgan fingerprint density at radius 3 is 2.46 bits per heavy atom. The normalized spacial score (nSPS) is 16.4. The Hall–Kier alpha value is -4.20. The molecule has 2 amide bonds. The van der Waals surface area contributed by atoms with E-state index in [2.05, 4.69) is 26.4 Å². The van der Waals surface area contributed by atoms with Gasteiger partial charge in [-0.25, -0.2) is 19.3 Å². The second-order valence-electron chi connectivity index (χ2n) is 10.6. The molecule has 0 aromatic carbocycles. The van der Waals surface area contributed by atoms with Crippen molar-refractivity contribution in [1.29, 1.82) is 5.26 Å². The molecule has 11 heteroatoms. The van der Waals surface area contributed by atoms with Gasteiger partial charge in [0.15, 0.2) is 11.5 Å². The summed E-state index contributed by atoms with van der Waals surface area (Å²) < 4.78 is 1.50. The summed E-state index contributed by atoms with van der Waals surface area (Å²) in [5.41, 5.74) is 1.13. The minimum Gasteiger partial charge on any atom is -0.465 e. The smallest absolute Gasteiger partial charge is 0.413 e. The summed E-state index contributed by atoms with van der Waals surface area (Å²) in [7, 11) is 0. The Labute approximate surface area is 214 Å². The van der Waals surface area contributed by atoms with Crippen molar-refractivity contribution >= 4 is 29.3 Å². The molecule has 192 valence electrons. The number of rotatable bonds is 5. The van der Waals surface area contributed by atoms with Gasteiger partial charge in [0.05, 0.1) is 5.56 Å². The molecule has 37 heavy (non-hydrogen) atoms. The Morgan fingerprint density at radius 1 is 1.16 bits per heavy atom. The maximum Gasteiger partial charge on any atom is 0.413 e. The van der Waals surface area contributed by atoms with E-state index in [4.69, 9.17) is 10.2 Å². The van der Waals surface area contributed by atoms with Crippen molar-refractivity contribution in [2.75, 3.05) is 22.9 Å². The van der Waals surface area contributed by atoms with Gasteiger partial charge in [0.25, 0.3) is 5.91 Å². The van der Waals surface area contributed by atoms with Gasteiger partial charge in [0.2, 0.25) is 0 Å². The average Bonchev–Trinajstić information content (AvgIpc) is 3.64. The average molecular weight is 503 g/mol. The van der Waals surface area contributed by atoms with E-state index in [0.29, 0.717) is 43.1 Å². The summed E-state index contributed by atoms with van der Waals surface area (Å²) in [6, 6.07) is 7.44. The van der Waals surface area contributed by atoms with Crippen LogP contribution in [0.2, 0.25) is 0 Å². The van der Waals surface area contributed by atoms with Crippen LogP contribution in [0.5, 0.6) is 0 Å². The highest BCUT2D eigenvalue weighted by atomic mass is 16.4. The monoisotopic (exact) mass is 502 g/mol. The van der Waals surface area contributed by atoms with Crippen LogP contribution >= 0.6 is 0 Å². The van der Waals surface area contributed by atoms with Gasteiger partial charge in [-0.1, -0.05) is 0 Å². The number of pyridine rings is 1. The molecule has 2 N–H and O–H groups in total. The maximum absolute atomic E-state index is 13.7. The van der Waals surface area contributed by atoms with Crippen LogP contribution in [-0.4, -0.2) is 61.4 Å². The maximum atomic E-state index is 13.7. The first-order valence-electron chi connectivity index (χ1n) is 12.5. The van der Waals surface area contributed by atoms with Crippen molar-refractivity contribution in [3.8, 4) is 6.07 Å². The first kappa shape index (κ1) is 24.5. The van der Waals surface area contributed by atoms with E-state index >= 15 is 0 Å². The molecule has 4 heterocycles. The number of carbonyl (C=O) groups is 2. The number of hydrogen-bond acceptors (Lipinski definition) is 7. The number of carbonyl (C=O) groups excluding carboxylic acids is 1. The van der Waals surface area contributed by atoms with E-state index in [1.54, 1.807) is 39.2 Å². The molecule has 5 rings (SSSR count). The molecule has 0 radical (unpaired) electrons. The number of fused-ring (bicyclic) bond motifs is 1. The van der Waals surface area contributed by atoms with Crippen LogP contribution in [0.15, 0.2) is 30.6 Å². The van der Waals surface area contributed by atoms with Crippen LogP contribution in [0.1, 0.15) is 74.0 Å². The zero-order valence-electron chi connectivity index (χ0n) is 21.2. The van der Waals surface area contributed by atoms with E-state index in [0.717, 1.165) is 29.3 Å². The molecule has 0 unspecified atom stereocenters. The summed E-state index contributed by atoms with van der Waals surface area (Å²) in [6.45, 7) is 6.69. The Kier molecular flexibility index (Phi) is 6.19. The van der Waals surface area contributed by atoms with E-state index in [-0.39, 0.29) is 23.3 Å². The van der Waals surface area contributed by atoms with Crippen LogP contribution < -0.4 is 15.1 Å². The van der Waals surface area contributed by atoms with Gasteiger partial charge in [-0.2, -0.15) is 5.26 Å². The summed E-state index contributed by atoms with van der Waals surface area (Å²) >= 11 is 0. The number of anilines is 2. The largest absolute Gasteiger partial charge is 0.465 e. The summed E-state index contributed by atoms with van der Waals surface area (Å²) in [5.74, 6) is 0.874. The quantitative estimate of drug-likeness (QED) is 0.540. The number of nitrogens with one attached hydrogen (secondary N) is 1. The van der Waals surface area contributed by atoms with E-state index < -0.39 is 11.6 Å². The molecule has 3 aromatic rings. The highest BCUT2D eigenvalue weighted by Gasteiger charge is 2.37. The second kappa shape index (κ2) is 9.35. The second-order valence-corrected chi connectivity index (χ2v) is 10.6. The zero-order valence-corrected chi connectivity index (χ0v) is 21.2. The number of carboxylic acid groups (broad SMARTS) is 1. The lowest BCUT2D eigenvalue weighted by Gasteiger charge is -2.34. The molecule has 1 saturated carbocycles. The van der Waals surface area contributed by atoms with Crippen molar-refractivity contribution in [3.63, 3.8) is 0 Å². The molecule has 1 saturated heterocycles. The first-order chi connectivity index (χ1) is 17.7. The summed E-state index contributed by atoms with van der Waals surface area (Å²) in [5, 5.41) is 26.6. The number of nitrogens with zero attached hydrogens (tertiary/aromatic N) is 7. The fraction of sp³-hybridized carbons (Fsp3) is 0.462. The lowest BCUT2D eigenvalue weighted by molar-refractivity contribution is 0.0933. The van der Waals surface area contributed by atoms with Gasteiger partial charge in [-0.3, -0.25) is 9.69 Å². The van der Waals surface area contributed by atoms with Crippen LogP contribution in [0, 0.1) is 11.3 Å². The van der Waals surface area contributed by atoms with Gasteiger partial charge in [-0.05, 0) is 64.7 Å². The third-order valence-corrected chi connectivity index (χ3v) is 6.82. The Bertz CT molecular complexity index is 1370. The topological polar surface area (TPSA) is 140 Å². The number of piperidine rings is 1. The minimum absolute atomic E-state index is 0.0807. The van der Waals surface area contributed by atoms with E-state index in [1.165, 1.54) is 4.52 Å². The SMILES string of the molecule is CC(C)(C)N(C(=O)O)c1nn2ccc(C3CC3)nc2c1C(=O)NC1CCN(c2ccc(C#N)cn2)CC1. The van der Waals surface area contributed by atoms with Crippen LogP contribution in [0.25, 0.3) is 5.65 Å².